The minimum atomic E-state index is -2.06. The van der Waals surface area contributed by atoms with Gasteiger partial charge in [0, 0.05) is 42.0 Å². The predicted molar refractivity (Wildman–Crippen MR) is 207 cm³/mol. The molecule has 0 bridgehead atoms. The molecule has 3 aromatic rings. The Morgan fingerprint density at radius 3 is 2.00 bits per heavy atom. The fraction of sp³-hybridized carbons (Fsp3) is 0.487. The summed E-state index contributed by atoms with van der Waals surface area (Å²) in [6.07, 6.45) is 4.59. The third kappa shape index (κ3) is 7.73. The predicted octanol–water partition coefficient (Wildman–Crippen LogP) is 7.99. The van der Waals surface area contributed by atoms with Crippen molar-refractivity contribution in [2.75, 3.05) is 57.6 Å². The minimum absolute atomic E-state index is 0.0993. The van der Waals surface area contributed by atoms with Crippen LogP contribution in [0.4, 0.5) is 4.79 Å². The summed E-state index contributed by atoms with van der Waals surface area (Å²) in [7, 11) is -2.06. The highest BCUT2D eigenvalue weighted by Gasteiger charge is 2.60. The van der Waals surface area contributed by atoms with Crippen molar-refractivity contribution in [3.63, 3.8) is 0 Å². The molecule has 2 heterocycles. The van der Waals surface area contributed by atoms with Crippen LogP contribution in [0.15, 0.2) is 71.7 Å². The number of piperazine rings is 1. The van der Waals surface area contributed by atoms with Gasteiger partial charge < -0.3 is 9.64 Å². The van der Waals surface area contributed by atoms with Gasteiger partial charge in [0.2, 0.25) is 0 Å². The quantitative estimate of drug-likeness (QED) is 0.227. The number of nitrogens with zero attached hydrogens (tertiary/aromatic N) is 4. The number of rotatable bonds is 9. The summed E-state index contributed by atoms with van der Waals surface area (Å²) >= 11 is 12.8. The monoisotopic (exact) mass is 726 g/mol. The van der Waals surface area contributed by atoms with Crippen molar-refractivity contribution in [2.24, 2.45) is 4.99 Å². The molecule has 49 heavy (non-hydrogen) atoms. The van der Waals surface area contributed by atoms with Gasteiger partial charge in [-0.05, 0) is 105 Å². The molecule has 0 radical (unpaired) electrons. The van der Waals surface area contributed by atoms with Gasteiger partial charge in [0.25, 0.3) is 0 Å². The van der Waals surface area contributed by atoms with Crippen LogP contribution in [0.2, 0.25) is 10.0 Å². The van der Waals surface area contributed by atoms with Crippen LogP contribution in [-0.4, -0.2) is 88.4 Å². The second kappa shape index (κ2) is 14.4. The number of benzene rings is 3. The van der Waals surface area contributed by atoms with Gasteiger partial charge in [-0.1, -0.05) is 74.3 Å². The second-order valence-corrected chi connectivity index (χ2v) is 19.6. The van der Waals surface area contributed by atoms with Crippen LogP contribution in [-0.2, 0) is 26.4 Å². The van der Waals surface area contributed by atoms with Crippen molar-refractivity contribution < 1.29 is 13.7 Å². The molecule has 0 unspecified atom stereocenters. The van der Waals surface area contributed by atoms with E-state index < -0.39 is 21.0 Å². The van der Waals surface area contributed by atoms with E-state index in [0.717, 1.165) is 54.1 Å². The van der Waals surface area contributed by atoms with Gasteiger partial charge in [0.15, 0.2) is 0 Å². The minimum Gasteiger partial charge on any atom is -0.493 e. The SMILES string of the molecule is CCOc1cc(C(C)(C)C)ccc1C1=N[C@@](C)(c2ccc(Cl)cc2)[C@@](C)(c2ccc(Cl)cc2)N1C(=O)N1CCN(CCC[SH](C)(C)=O)CC1. The number of amidine groups is 1. The van der Waals surface area contributed by atoms with Crippen LogP contribution in [0.5, 0.6) is 5.75 Å². The normalized spacial score (nSPS) is 22.3. The standard InChI is InChI=1S/C39H52Cl2N4O3S/c1-9-48-34-27-30(37(2,3)4)15-20-33(34)35-42-38(5,28-11-16-31(40)17-12-28)39(6,29-13-18-32(41)19-14-29)45(35)36(46)44-24-22-43(23-25-44)21-10-26-49(7,8)47/h11-20,27,49H,9-10,21-26H2,1-8H3/t38-,39+/m0/s1. The van der Waals surface area contributed by atoms with Crippen LogP contribution < -0.4 is 4.74 Å². The Morgan fingerprint density at radius 2 is 1.47 bits per heavy atom. The molecule has 2 amide bonds. The maximum atomic E-state index is 15.2. The number of urea groups is 1. The van der Waals surface area contributed by atoms with E-state index in [9.17, 15) is 4.21 Å². The lowest BCUT2D eigenvalue weighted by atomic mass is 9.71. The van der Waals surface area contributed by atoms with Crippen molar-refractivity contribution in [3.8, 4) is 5.75 Å². The van der Waals surface area contributed by atoms with E-state index >= 15 is 4.79 Å². The Morgan fingerprint density at radius 1 is 0.898 bits per heavy atom. The lowest BCUT2D eigenvalue weighted by Gasteiger charge is -2.47. The molecule has 5 rings (SSSR count). The first-order chi connectivity index (χ1) is 23.0. The summed E-state index contributed by atoms with van der Waals surface area (Å²) in [5, 5.41) is 1.25. The van der Waals surface area contributed by atoms with E-state index in [1.165, 1.54) is 0 Å². The molecule has 2 atom stereocenters. The van der Waals surface area contributed by atoms with Gasteiger partial charge in [0.05, 0.1) is 12.2 Å². The topological polar surface area (TPSA) is 65.5 Å². The van der Waals surface area contributed by atoms with Crippen molar-refractivity contribution in [1.29, 1.82) is 0 Å². The molecule has 2 aliphatic rings. The van der Waals surface area contributed by atoms with Crippen LogP contribution >= 0.6 is 23.2 Å². The van der Waals surface area contributed by atoms with Gasteiger partial charge in [-0.3, -0.25) is 19.0 Å². The van der Waals surface area contributed by atoms with Crippen LogP contribution in [0, 0.1) is 0 Å². The van der Waals surface area contributed by atoms with Crippen molar-refractivity contribution in [1.82, 2.24) is 14.7 Å². The first-order valence-electron chi connectivity index (χ1n) is 17.2. The van der Waals surface area contributed by atoms with E-state index in [1.807, 2.05) is 77.8 Å². The summed E-state index contributed by atoms with van der Waals surface area (Å²) < 4.78 is 18.6. The van der Waals surface area contributed by atoms with Crippen molar-refractivity contribution >= 4 is 45.0 Å². The summed E-state index contributed by atoms with van der Waals surface area (Å²) in [5.41, 5.74) is 1.76. The van der Waals surface area contributed by atoms with Crippen LogP contribution in [0.25, 0.3) is 0 Å². The lowest BCUT2D eigenvalue weighted by molar-refractivity contribution is 0.0868. The van der Waals surface area contributed by atoms with Gasteiger partial charge in [-0.2, -0.15) is 0 Å². The maximum absolute atomic E-state index is 15.2. The van der Waals surface area contributed by atoms with Gasteiger partial charge >= 0.3 is 6.03 Å². The third-order valence-electron chi connectivity index (χ3n) is 10.1. The van der Waals surface area contributed by atoms with Gasteiger partial charge in [0.1, 0.15) is 22.7 Å². The molecular formula is C39H52Cl2N4O3S. The number of hydrogen-bond acceptors (Lipinski definition) is 5. The Kier molecular flexibility index (Phi) is 11.0. The molecule has 0 spiro atoms. The zero-order chi connectivity index (χ0) is 35.8. The first kappa shape index (κ1) is 37.3. The number of aliphatic imine (C=N–C) groups is 1. The zero-order valence-corrected chi connectivity index (χ0v) is 32.6. The summed E-state index contributed by atoms with van der Waals surface area (Å²) in [5.74, 6) is 1.99. The highest BCUT2D eigenvalue weighted by atomic mass is 35.5. The number of carbonyl (C=O) groups excluding carboxylic acids is 1. The van der Waals surface area contributed by atoms with Gasteiger partial charge in [-0.25, -0.2) is 4.79 Å². The Labute approximate surface area is 304 Å². The van der Waals surface area contributed by atoms with Crippen LogP contribution in [0.3, 0.4) is 0 Å². The number of amides is 2. The molecule has 2 aliphatic heterocycles. The molecule has 3 aromatic carbocycles. The van der Waals surface area contributed by atoms with Crippen molar-refractivity contribution in [3.05, 3.63) is 99.0 Å². The van der Waals surface area contributed by atoms with E-state index in [1.54, 1.807) is 0 Å². The molecule has 0 N–H and O–H groups in total. The average Bonchev–Trinajstić information content (AvgIpc) is 3.28. The molecule has 0 saturated carbocycles. The average molecular weight is 728 g/mol. The molecule has 1 saturated heterocycles. The van der Waals surface area contributed by atoms with E-state index in [2.05, 4.69) is 57.7 Å². The molecule has 0 aromatic heterocycles. The summed E-state index contributed by atoms with van der Waals surface area (Å²) in [4.78, 5) is 27.0. The number of halogens is 2. The molecule has 7 nitrogen and oxygen atoms in total. The number of thiol groups is 1. The van der Waals surface area contributed by atoms with E-state index in [-0.39, 0.29) is 11.4 Å². The zero-order valence-electron chi connectivity index (χ0n) is 30.2. The number of hydrogen-bond donors (Lipinski definition) is 1. The molecule has 0 aliphatic carbocycles. The Bertz CT molecular complexity index is 1730. The first-order valence-corrected chi connectivity index (χ1v) is 20.8. The van der Waals surface area contributed by atoms with E-state index in [4.69, 9.17) is 32.9 Å². The van der Waals surface area contributed by atoms with E-state index in [0.29, 0.717) is 41.3 Å². The van der Waals surface area contributed by atoms with Gasteiger partial charge in [-0.15, -0.1) is 9.93 Å². The third-order valence-corrected chi connectivity index (χ3v) is 12.0. The Balaban J connectivity index is 1.65. The fourth-order valence-electron chi connectivity index (χ4n) is 7.00. The Hall–Kier alpha value is -2.91. The highest BCUT2D eigenvalue weighted by molar-refractivity contribution is 8.01. The number of carbonyl (C=O) groups is 1. The molecular weight excluding hydrogens is 675 g/mol. The molecule has 266 valence electrons. The summed E-state index contributed by atoms with van der Waals surface area (Å²) in [6.45, 7) is 16.7. The largest absolute Gasteiger partial charge is 0.493 e. The fourth-order valence-corrected chi connectivity index (χ4v) is 8.15. The van der Waals surface area contributed by atoms with Crippen molar-refractivity contribution in [2.45, 2.75) is 64.5 Å². The lowest BCUT2D eigenvalue weighted by Crippen LogP contribution is -2.60. The second-order valence-electron chi connectivity index (χ2n) is 15.1. The smallest absolute Gasteiger partial charge is 0.326 e. The molecule has 1 fully saturated rings. The summed E-state index contributed by atoms with van der Waals surface area (Å²) in [6, 6.07) is 21.7. The number of ether oxygens (including phenoxy) is 1. The molecule has 10 heteroatoms. The highest BCUT2D eigenvalue weighted by Crippen LogP contribution is 2.54. The van der Waals surface area contributed by atoms with Crippen LogP contribution in [0.1, 0.15) is 70.2 Å². The maximum Gasteiger partial charge on any atom is 0.326 e.